The summed E-state index contributed by atoms with van der Waals surface area (Å²) in [7, 11) is 4.32. The molecule has 0 aliphatic rings. The molecular weight excluding hydrogens is 252 g/mol. The number of hydrogen-bond donors (Lipinski definition) is 2. The maximum atomic E-state index is 3.76. The molecule has 4 nitrogen and oxygen atoms in total. The summed E-state index contributed by atoms with van der Waals surface area (Å²) < 4.78 is 0. The third-order valence-corrected chi connectivity index (χ3v) is 2.53. The molecule has 0 atom stereocenters. The fourth-order valence-electron chi connectivity index (χ4n) is 1.65. The lowest BCUT2D eigenvalue weighted by Crippen LogP contribution is -3.04. The number of benzene rings is 2. The summed E-state index contributed by atoms with van der Waals surface area (Å²) in [6, 6.07) is 20.8. The first-order valence-electron chi connectivity index (χ1n) is 6.38. The van der Waals surface area contributed by atoms with Gasteiger partial charge >= 0.3 is 0 Å². The average Bonchev–Trinajstić information content (AvgIpc) is 2.41. The second-order valence-corrected chi connectivity index (χ2v) is 4.61. The first-order valence-corrected chi connectivity index (χ1v) is 6.38. The van der Waals surface area contributed by atoms with Crippen LogP contribution < -0.4 is 10.6 Å². The molecule has 0 bridgehead atoms. The smallest absolute Gasteiger partial charge is 0.102 e. The highest BCUT2D eigenvalue weighted by atomic mass is 16.0. The third kappa shape index (κ3) is 9.24. The van der Waals surface area contributed by atoms with Crippen molar-refractivity contribution < 1.29 is 21.6 Å². The fraction of sp³-hybridized carbons (Fsp3) is 0.250. The van der Waals surface area contributed by atoms with Gasteiger partial charge in [0.05, 0.1) is 20.6 Å². The molecule has 0 aromatic heterocycles. The second-order valence-electron chi connectivity index (χ2n) is 4.61. The molecule has 0 unspecified atom stereocenters. The summed E-state index contributed by atoms with van der Waals surface area (Å²) in [5.41, 5.74) is 6.46. The van der Waals surface area contributed by atoms with Crippen molar-refractivity contribution in [3.05, 3.63) is 71.8 Å². The molecule has 2 aromatic rings. The summed E-state index contributed by atoms with van der Waals surface area (Å²) in [5.74, 6) is 0. The molecule has 0 saturated heterocycles. The van der Waals surface area contributed by atoms with Crippen LogP contribution in [0.25, 0.3) is 0 Å². The normalized spacial score (nSPS) is 8.80. The van der Waals surface area contributed by atoms with E-state index < -0.39 is 0 Å². The first-order chi connectivity index (χ1) is 8.72. The van der Waals surface area contributed by atoms with Crippen molar-refractivity contribution >= 4 is 0 Å². The van der Waals surface area contributed by atoms with E-state index in [-0.39, 0.29) is 11.0 Å². The second kappa shape index (κ2) is 12.3. The Morgan fingerprint density at radius 2 is 1.15 bits per heavy atom. The van der Waals surface area contributed by atoms with Crippen molar-refractivity contribution in [2.45, 2.75) is 13.1 Å². The van der Waals surface area contributed by atoms with Crippen molar-refractivity contribution in [3.63, 3.8) is 0 Å². The lowest BCUT2D eigenvalue weighted by molar-refractivity contribution is -0.872. The third-order valence-electron chi connectivity index (χ3n) is 2.53. The Bertz CT molecular complexity index is 419. The molecule has 0 heterocycles. The van der Waals surface area contributed by atoms with Gasteiger partial charge in [-0.25, -0.2) is 0 Å². The quantitative estimate of drug-likeness (QED) is 0.851. The van der Waals surface area contributed by atoms with Crippen molar-refractivity contribution in [2.75, 3.05) is 14.1 Å². The molecule has 0 amide bonds. The molecular formula is C16H26N2O2. The molecule has 6 N–H and O–H groups in total. The highest BCUT2D eigenvalue weighted by Crippen LogP contribution is 1.94. The standard InChI is InChI=1S/C9H13N.C7H9N.2H2O/c1-10(2)8-9-6-4-3-5-7-9;8-6-7-4-2-1-3-5-7;;/h3-7H,8H2,1-2H3;1-5H,6,8H2;2*1H2. The molecule has 2 aromatic carbocycles. The highest BCUT2D eigenvalue weighted by molar-refractivity contribution is 5.13. The van der Waals surface area contributed by atoms with Gasteiger partial charge in [0.1, 0.15) is 6.54 Å². The van der Waals surface area contributed by atoms with Crippen LogP contribution in [0.15, 0.2) is 60.7 Å². The number of rotatable bonds is 3. The Labute approximate surface area is 121 Å². The van der Waals surface area contributed by atoms with Gasteiger partial charge < -0.3 is 21.6 Å². The first kappa shape index (κ1) is 20.6. The van der Waals surface area contributed by atoms with Crippen LogP contribution in [0.4, 0.5) is 0 Å². The van der Waals surface area contributed by atoms with Crippen LogP contribution in [0.1, 0.15) is 11.1 Å². The van der Waals surface area contributed by atoms with Crippen molar-refractivity contribution in [2.24, 2.45) is 0 Å². The zero-order chi connectivity index (χ0) is 13.2. The molecule has 112 valence electrons. The van der Waals surface area contributed by atoms with E-state index in [1.807, 2.05) is 18.2 Å². The van der Waals surface area contributed by atoms with E-state index in [4.69, 9.17) is 0 Å². The van der Waals surface area contributed by atoms with Gasteiger partial charge in [-0.3, -0.25) is 0 Å². The van der Waals surface area contributed by atoms with E-state index >= 15 is 0 Å². The molecule has 20 heavy (non-hydrogen) atoms. The minimum Gasteiger partial charge on any atom is -0.870 e. The molecule has 4 heteroatoms. The predicted molar refractivity (Wildman–Crippen MR) is 79.9 cm³/mol. The van der Waals surface area contributed by atoms with E-state index in [9.17, 15) is 0 Å². The fourth-order valence-corrected chi connectivity index (χ4v) is 1.65. The summed E-state index contributed by atoms with van der Waals surface area (Å²) in [4.78, 5) is 1.46. The highest BCUT2D eigenvalue weighted by Gasteiger charge is 1.93. The zero-order valence-corrected chi connectivity index (χ0v) is 12.3. The van der Waals surface area contributed by atoms with Crippen LogP contribution in [0, 0.1) is 0 Å². The van der Waals surface area contributed by atoms with Gasteiger partial charge in [0, 0.05) is 11.1 Å². The molecule has 0 saturated carbocycles. The summed E-state index contributed by atoms with van der Waals surface area (Å²) in [6.07, 6.45) is 0. The van der Waals surface area contributed by atoms with Gasteiger partial charge in [0.25, 0.3) is 0 Å². The SMILES string of the molecule is C[NH+](C)Cc1ccccc1.[NH3+]Cc1ccccc1.[OH-].[OH-]. The van der Waals surface area contributed by atoms with E-state index in [0.29, 0.717) is 0 Å². The number of quaternary nitrogens is 2. The lowest BCUT2D eigenvalue weighted by Gasteiger charge is -2.05. The minimum atomic E-state index is 0. The van der Waals surface area contributed by atoms with Crippen molar-refractivity contribution in [3.8, 4) is 0 Å². The molecule has 0 aliphatic carbocycles. The van der Waals surface area contributed by atoms with E-state index in [1.165, 1.54) is 16.0 Å². The topological polar surface area (TPSA) is 92.1 Å². The molecule has 0 radical (unpaired) electrons. The Morgan fingerprint density at radius 3 is 1.45 bits per heavy atom. The van der Waals surface area contributed by atoms with Gasteiger partial charge in [-0.2, -0.15) is 0 Å². The van der Waals surface area contributed by atoms with Gasteiger partial charge in [0.15, 0.2) is 0 Å². The van der Waals surface area contributed by atoms with Gasteiger partial charge in [-0.15, -0.1) is 0 Å². The maximum Gasteiger partial charge on any atom is 0.102 e. The van der Waals surface area contributed by atoms with E-state index in [2.05, 4.69) is 62.3 Å². The number of nitrogens with one attached hydrogen (secondary N) is 1. The maximum absolute atomic E-state index is 3.76. The van der Waals surface area contributed by atoms with Crippen LogP contribution in [-0.2, 0) is 13.1 Å². The molecule has 0 fully saturated rings. The summed E-state index contributed by atoms with van der Waals surface area (Å²) in [6.45, 7) is 2.00. The Balaban J connectivity index is 0. The van der Waals surface area contributed by atoms with Gasteiger partial charge in [-0.05, 0) is 0 Å². The van der Waals surface area contributed by atoms with Gasteiger partial charge in [0.2, 0.25) is 0 Å². The average molecular weight is 278 g/mol. The van der Waals surface area contributed by atoms with Crippen molar-refractivity contribution in [1.82, 2.24) is 0 Å². The monoisotopic (exact) mass is 278 g/mol. The minimum absolute atomic E-state index is 0. The summed E-state index contributed by atoms with van der Waals surface area (Å²) in [5, 5.41) is 0. The Morgan fingerprint density at radius 1 is 0.750 bits per heavy atom. The number of hydrogen-bond acceptors (Lipinski definition) is 2. The largest absolute Gasteiger partial charge is 0.870 e. The van der Waals surface area contributed by atoms with Gasteiger partial charge in [-0.1, -0.05) is 60.7 Å². The Kier molecular flexibility index (Phi) is 12.7. The van der Waals surface area contributed by atoms with Crippen LogP contribution >= 0.6 is 0 Å². The lowest BCUT2D eigenvalue weighted by atomic mass is 10.2. The van der Waals surface area contributed by atoms with Crippen LogP contribution in [0.2, 0.25) is 0 Å². The van der Waals surface area contributed by atoms with Crippen LogP contribution in [0.3, 0.4) is 0 Å². The van der Waals surface area contributed by atoms with Crippen LogP contribution in [0.5, 0.6) is 0 Å². The Hall–Kier alpha value is -1.72. The summed E-state index contributed by atoms with van der Waals surface area (Å²) >= 11 is 0. The van der Waals surface area contributed by atoms with E-state index in [0.717, 1.165) is 13.1 Å². The van der Waals surface area contributed by atoms with Crippen molar-refractivity contribution in [1.29, 1.82) is 0 Å². The molecule has 0 aliphatic heterocycles. The molecule has 0 spiro atoms. The van der Waals surface area contributed by atoms with Crippen LogP contribution in [-0.4, -0.2) is 25.0 Å². The zero-order valence-electron chi connectivity index (χ0n) is 12.3. The predicted octanol–water partition coefficient (Wildman–Crippen LogP) is 0.406. The van der Waals surface area contributed by atoms with E-state index in [1.54, 1.807) is 0 Å². The molecule has 2 rings (SSSR count).